The number of halogens is 1. The van der Waals surface area contributed by atoms with E-state index in [-0.39, 0.29) is 9.92 Å². The van der Waals surface area contributed by atoms with Gasteiger partial charge in [0.05, 0.1) is 5.02 Å². The summed E-state index contributed by atoms with van der Waals surface area (Å²) in [6.45, 7) is 3.66. The molecule has 2 N–H and O–H groups in total. The van der Waals surface area contributed by atoms with E-state index in [1.165, 1.54) is 0 Å². The Bertz CT molecular complexity index is 575. The normalized spacial score (nSPS) is 20.4. The van der Waals surface area contributed by atoms with Crippen LogP contribution in [-0.4, -0.2) is 25.8 Å². The van der Waals surface area contributed by atoms with E-state index >= 15 is 0 Å². The summed E-state index contributed by atoms with van der Waals surface area (Å²) in [5.41, 5.74) is 6.37. The molecule has 2 rings (SSSR count). The first-order valence-corrected chi connectivity index (χ1v) is 8.79. The second-order valence-corrected chi connectivity index (χ2v) is 7.59. The highest BCUT2D eigenvalue weighted by Crippen LogP contribution is 2.30. The third kappa shape index (κ3) is 3.17. The van der Waals surface area contributed by atoms with Crippen molar-refractivity contribution < 1.29 is 8.42 Å². The lowest BCUT2D eigenvalue weighted by Crippen LogP contribution is -2.29. The van der Waals surface area contributed by atoms with Crippen LogP contribution < -0.4 is 5.73 Å². The van der Waals surface area contributed by atoms with Crippen LogP contribution in [0.5, 0.6) is 0 Å². The van der Waals surface area contributed by atoms with Crippen LogP contribution in [0, 0.1) is 5.92 Å². The van der Waals surface area contributed by atoms with Gasteiger partial charge in [0, 0.05) is 19.6 Å². The predicted octanol–water partition coefficient (Wildman–Crippen LogP) is 2.61. The molecule has 0 bridgehead atoms. The van der Waals surface area contributed by atoms with E-state index in [2.05, 4.69) is 6.92 Å². The number of hydrogen-bond acceptors (Lipinski definition) is 3. The van der Waals surface area contributed by atoms with Gasteiger partial charge in [0.25, 0.3) is 0 Å². The topological polar surface area (TPSA) is 63.4 Å². The van der Waals surface area contributed by atoms with Gasteiger partial charge < -0.3 is 5.73 Å². The van der Waals surface area contributed by atoms with Crippen molar-refractivity contribution in [2.75, 3.05) is 13.1 Å². The maximum Gasteiger partial charge on any atom is 0.244 e. The molecule has 0 aliphatic carbocycles. The van der Waals surface area contributed by atoms with E-state index < -0.39 is 10.0 Å². The molecule has 0 aromatic heterocycles. The molecule has 1 aromatic rings. The molecule has 0 spiro atoms. The molecule has 1 fully saturated rings. The highest BCUT2D eigenvalue weighted by Gasteiger charge is 2.33. The fourth-order valence-electron chi connectivity index (χ4n) is 2.68. The van der Waals surface area contributed by atoms with Crippen LogP contribution in [0.15, 0.2) is 23.1 Å². The lowest BCUT2D eigenvalue weighted by atomic mass is 10.0. The van der Waals surface area contributed by atoms with Crippen LogP contribution >= 0.6 is 11.6 Å². The lowest BCUT2D eigenvalue weighted by Gasteiger charge is -2.17. The van der Waals surface area contributed by atoms with E-state index in [1.807, 2.05) is 0 Å². The maximum atomic E-state index is 12.6. The summed E-state index contributed by atoms with van der Waals surface area (Å²) in [5, 5.41) is 0.256. The van der Waals surface area contributed by atoms with E-state index in [4.69, 9.17) is 17.3 Å². The summed E-state index contributed by atoms with van der Waals surface area (Å²) < 4.78 is 26.8. The molecule has 1 aliphatic heterocycles. The molecule has 1 saturated heterocycles. The Morgan fingerprint density at radius 3 is 2.80 bits per heavy atom. The van der Waals surface area contributed by atoms with Crippen molar-refractivity contribution in [3.05, 3.63) is 28.8 Å². The average Bonchev–Trinajstić information content (AvgIpc) is 2.88. The number of nitrogens with two attached hydrogens (primary N) is 1. The van der Waals surface area contributed by atoms with E-state index in [0.717, 1.165) is 24.8 Å². The molecule has 6 heteroatoms. The summed E-state index contributed by atoms with van der Waals surface area (Å²) >= 11 is 6.11. The van der Waals surface area contributed by atoms with E-state index in [1.54, 1.807) is 22.5 Å². The summed E-state index contributed by atoms with van der Waals surface area (Å²) in [5.74, 6) is 0.469. The Kier molecular flexibility index (Phi) is 5.07. The summed E-state index contributed by atoms with van der Waals surface area (Å²) in [7, 11) is -3.49. The highest BCUT2D eigenvalue weighted by molar-refractivity contribution is 7.89. The van der Waals surface area contributed by atoms with Crippen LogP contribution in [0.3, 0.4) is 0 Å². The molecule has 1 aromatic carbocycles. The maximum absolute atomic E-state index is 12.6. The fraction of sp³-hybridized carbons (Fsp3) is 0.571. The monoisotopic (exact) mass is 316 g/mol. The number of hydrogen-bond donors (Lipinski definition) is 1. The van der Waals surface area contributed by atoms with Crippen LogP contribution in [0.2, 0.25) is 5.02 Å². The third-order valence-electron chi connectivity index (χ3n) is 3.80. The minimum Gasteiger partial charge on any atom is -0.326 e. The Balaban J connectivity index is 2.23. The van der Waals surface area contributed by atoms with Gasteiger partial charge in [-0.15, -0.1) is 0 Å². The van der Waals surface area contributed by atoms with Crippen LogP contribution in [0.4, 0.5) is 0 Å². The predicted molar refractivity (Wildman–Crippen MR) is 81.1 cm³/mol. The van der Waals surface area contributed by atoms with Crippen molar-refractivity contribution in [1.82, 2.24) is 4.31 Å². The molecule has 20 heavy (non-hydrogen) atoms. The average molecular weight is 317 g/mol. The van der Waals surface area contributed by atoms with Crippen molar-refractivity contribution in [3.63, 3.8) is 0 Å². The summed E-state index contributed by atoms with van der Waals surface area (Å²) in [4.78, 5) is 0.188. The number of nitrogens with zero attached hydrogens (tertiary/aromatic N) is 1. The van der Waals surface area contributed by atoms with Gasteiger partial charge >= 0.3 is 0 Å². The Morgan fingerprint density at radius 1 is 1.45 bits per heavy atom. The second-order valence-electron chi connectivity index (χ2n) is 5.28. The van der Waals surface area contributed by atoms with Crippen LogP contribution in [0.25, 0.3) is 0 Å². The zero-order valence-corrected chi connectivity index (χ0v) is 13.3. The zero-order chi connectivity index (χ0) is 14.8. The SMILES string of the molecule is CCCC1CCN(S(=O)(=O)c2ccc(CN)cc2Cl)C1. The van der Waals surface area contributed by atoms with Gasteiger partial charge in [-0.1, -0.05) is 31.0 Å². The minimum absolute atomic E-state index is 0.188. The molecular formula is C14H21ClN2O2S. The molecule has 0 amide bonds. The Morgan fingerprint density at radius 2 is 2.20 bits per heavy atom. The number of rotatable bonds is 5. The largest absolute Gasteiger partial charge is 0.326 e. The molecule has 1 aliphatic rings. The minimum atomic E-state index is -3.49. The number of benzene rings is 1. The molecule has 1 atom stereocenters. The van der Waals surface area contributed by atoms with Crippen molar-refractivity contribution in [1.29, 1.82) is 0 Å². The van der Waals surface area contributed by atoms with E-state index in [9.17, 15) is 8.42 Å². The Hall–Kier alpha value is -0.620. The van der Waals surface area contributed by atoms with Crippen molar-refractivity contribution in [2.45, 2.75) is 37.6 Å². The third-order valence-corrected chi connectivity index (χ3v) is 6.14. The second kappa shape index (κ2) is 6.43. The first-order chi connectivity index (χ1) is 9.48. The van der Waals surface area contributed by atoms with Gasteiger partial charge in [0.15, 0.2) is 0 Å². The van der Waals surface area contributed by atoms with E-state index in [0.29, 0.717) is 25.6 Å². The van der Waals surface area contributed by atoms with Crippen molar-refractivity contribution in [3.8, 4) is 0 Å². The van der Waals surface area contributed by atoms with Gasteiger partial charge in [0.2, 0.25) is 10.0 Å². The van der Waals surface area contributed by atoms with Gasteiger partial charge in [-0.25, -0.2) is 8.42 Å². The molecule has 1 unspecified atom stereocenters. The quantitative estimate of drug-likeness (QED) is 0.908. The lowest BCUT2D eigenvalue weighted by molar-refractivity contribution is 0.444. The van der Waals surface area contributed by atoms with Gasteiger partial charge in [-0.05, 0) is 36.5 Å². The van der Waals surface area contributed by atoms with Gasteiger partial charge in [0.1, 0.15) is 4.90 Å². The van der Waals surface area contributed by atoms with Gasteiger partial charge in [-0.3, -0.25) is 0 Å². The highest BCUT2D eigenvalue weighted by atomic mass is 35.5. The zero-order valence-electron chi connectivity index (χ0n) is 11.7. The molecule has 112 valence electrons. The summed E-state index contributed by atoms with van der Waals surface area (Å²) in [6.07, 6.45) is 3.10. The standard InChI is InChI=1S/C14H21ClN2O2S/c1-2-3-11-6-7-17(10-11)20(18,19)14-5-4-12(9-16)8-13(14)15/h4-5,8,11H,2-3,6-7,9-10,16H2,1H3. The van der Waals surface area contributed by atoms with Crippen molar-refractivity contribution >= 4 is 21.6 Å². The fourth-order valence-corrected chi connectivity index (χ4v) is 4.75. The van der Waals surface area contributed by atoms with Gasteiger partial charge in [-0.2, -0.15) is 4.31 Å². The van der Waals surface area contributed by atoms with Crippen molar-refractivity contribution in [2.24, 2.45) is 11.7 Å². The molecule has 0 saturated carbocycles. The summed E-state index contributed by atoms with van der Waals surface area (Å²) in [6, 6.07) is 4.92. The van der Waals surface area contributed by atoms with Crippen LogP contribution in [0.1, 0.15) is 31.7 Å². The molecule has 4 nitrogen and oxygen atoms in total. The Labute approximate surface area is 126 Å². The first-order valence-electron chi connectivity index (χ1n) is 6.97. The molecule has 0 radical (unpaired) electrons. The number of sulfonamides is 1. The molecule has 1 heterocycles. The van der Waals surface area contributed by atoms with Crippen LogP contribution in [-0.2, 0) is 16.6 Å². The molecular weight excluding hydrogens is 296 g/mol. The first kappa shape index (κ1) is 15.8. The smallest absolute Gasteiger partial charge is 0.244 e.